The smallest absolute Gasteiger partial charge is 0.322 e. The number of methoxy groups -OCH3 is 1. The molecule has 1 aromatic heterocycles. The van der Waals surface area contributed by atoms with Crippen LogP contribution in [-0.2, 0) is 24.4 Å². The number of hydrogen-bond donors (Lipinski definition) is 1. The number of nitrogens with one attached hydrogen (secondary N) is 1. The predicted octanol–water partition coefficient (Wildman–Crippen LogP) is 5.56. The molecular weight excluding hydrogens is 501 g/mol. The number of fused-ring (bicyclic) bond motifs is 1. The van der Waals surface area contributed by atoms with Crippen LogP contribution in [0.5, 0.6) is 5.75 Å². The molecule has 0 saturated heterocycles. The first-order chi connectivity index (χ1) is 17.5. The SMILES string of the molecule is COc1cc(F)cc(CNC(=O)N2CCc3cc(-c4cn(COCC[Si](C)(C)C)nc4F)c(F)cc32)c1. The number of anilines is 1. The Balaban J connectivity index is 1.44. The fourth-order valence-electron chi connectivity index (χ4n) is 4.12. The lowest BCUT2D eigenvalue weighted by molar-refractivity contribution is 0.0774. The van der Waals surface area contributed by atoms with Crippen molar-refractivity contribution < 1.29 is 27.4 Å². The largest absolute Gasteiger partial charge is 0.497 e. The molecule has 0 radical (unpaired) electrons. The van der Waals surface area contributed by atoms with Crippen LogP contribution in [0.25, 0.3) is 11.1 Å². The number of carbonyl (C=O) groups excluding carboxylic acids is 1. The molecule has 0 saturated carbocycles. The summed E-state index contributed by atoms with van der Waals surface area (Å²) in [6, 6.07) is 7.51. The molecule has 0 unspecified atom stereocenters. The summed E-state index contributed by atoms with van der Waals surface area (Å²) < 4.78 is 55.5. The Hall–Kier alpha value is -3.31. The summed E-state index contributed by atoms with van der Waals surface area (Å²) in [5.74, 6) is -1.57. The van der Waals surface area contributed by atoms with Crippen LogP contribution in [-0.4, -0.2) is 44.1 Å². The van der Waals surface area contributed by atoms with Crippen molar-refractivity contribution in [2.75, 3.05) is 25.2 Å². The van der Waals surface area contributed by atoms with E-state index >= 15 is 4.39 Å². The molecule has 37 heavy (non-hydrogen) atoms. The van der Waals surface area contributed by atoms with Crippen LogP contribution >= 0.6 is 0 Å². The molecule has 2 amide bonds. The Morgan fingerprint density at radius 2 is 1.89 bits per heavy atom. The van der Waals surface area contributed by atoms with E-state index in [1.54, 1.807) is 12.1 Å². The number of aromatic nitrogens is 2. The van der Waals surface area contributed by atoms with Crippen molar-refractivity contribution in [1.82, 2.24) is 15.1 Å². The number of urea groups is 1. The van der Waals surface area contributed by atoms with E-state index in [0.717, 1.165) is 11.6 Å². The monoisotopic (exact) mass is 532 g/mol. The number of hydrogen-bond acceptors (Lipinski definition) is 4. The second kappa shape index (κ2) is 11.0. The maximum atomic E-state index is 15.1. The first-order valence-corrected chi connectivity index (χ1v) is 15.8. The summed E-state index contributed by atoms with van der Waals surface area (Å²) in [7, 11) is 0.187. The standard InChI is InChI=1S/C26H31F3N4O3Si/c1-35-20-10-17(9-19(27)12-20)14-30-26(34)33-6-5-18-11-21(23(28)13-24(18)33)22-15-32(31-25(22)29)16-36-7-8-37(2,3)4/h9-13,15H,5-8,14,16H2,1-4H3,(H,30,34). The Labute approximate surface area is 215 Å². The van der Waals surface area contributed by atoms with Crippen LogP contribution in [0.1, 0.15) is 11.1 Å². The number of carbonyl (C=O) groups is 1. The van der Waals surface area contributed by atoms with Crippen molar-refractivity contribution in [2.45, 2.75) is 45.4 Å². The average Bonchev–Trinajstić information content (AvgIpc) is 3.41. The van der Waals surface area contributed by atoms with Gasteiger partial charge in [-0.25, -0.2) is 18.3 Å². The minimum Gasteiger partial charge on any atom is -0.497 e. The van der Waals surface area contributed by atoms with Crippen molar-refractivity contribution in [2.24, 2.45) is 0 Å². The maximum Gasteiger partial charge on any atom is 0.322 e. The second-order valence-corrected chi connectivity index (χ2v) is 15.9. The number of rotatable bonds is 9. The third-order valence-corrected chi connectivity index (χ3v) is 7.85. The van der Waals surface area contributed by atoms with E-state index in [2.05, 4.69) is 30.1 Å². The number of nitrogens with zero attached hydrogens (tertiary/aromatic N) is 3. The van der Waals surface area contributed by atoms with E-state index in [9.17, 15) is 13.6 Å². The summed E-state index contributed by atoms with van der Waals surface area (Å²) in [5.41, 5.74) is 1.79. The molecule has 0 aliphatic carbocycles. The minimum absolute atomic E-state index is 0.0389. The van der Waals surface area contributed by atoms with Gasteiger partial charge in [-0.1, -0.05) is 19.6 Å². The molecule has 11 heteroatoms. The zero-order valence-electron chi connectivity index (χ0n) is 21.4. The van der Waals surface area contributed by atoms with Gasteiger partial charge in [-0.05, 0) is 47.9 Å². The minimum atomic E-state index is -1.25. The zero-order chi connectivity index (χ0) is 26.7. The highest BCUT2D eigenvalue weighted by Crippen LogP contribution is 2.35. The molecule has 2 aromatic carbocycles. The molecular formula is C26H31F3N4O3Si. The molecule has 0 fully saturated rings. The zero-order valence-corrected chi connectivity index (χ0v) is 22.4. The fraction of sp³-hybridized carbons (Fsp3) is 0.385. The lowest BCUT2D eigenvalue weighted by atomic mass is 10.0. The van der Waals surface area contributed by atoms with Crippen molar-refractivity contribution in [3.63, 3.8) is 0 Å². The van der Waals surface area contributed by atoms with Crippen LogP contribution in [0.15, 0.2) is 36.5 Å². The van der Waals surface area contributed by atoms with Gasteiger partial charge in [0.15, 0.2) is 0 Å². The fourth-order valence-corrected chi connectivity index (χ4v) is 4.88. The van der Waals surface area contributed by atoms with Gasteiger partial charge < -0.3 is 14.8 Å². The molecule has 1 N–H and O–H groups in total. The molecule has 0 spiro atoms. The van der Waals surface area contributed by atoms with Gasteiger partial charge in [-0.15, -0.1) is 5.10 Å². The Morgan fingerprint density at radius 1 is 1.11 bits per heavy atom. The first-order valence-electron chi connectivity index (χ1n) is 12.1. The highest BCUT2D eigenvalue weighted by atomic mass is 28.3. The average molecular weight is 533 g/mol. The second-order valence-electron chi connectivity index (χ2n) is 10.2. The molecule has 1 aliphatic heterocycles. The Bertz CT molecular complexity index is 1290. The molecule has 3 aromatic rings. The van der Waals surface area contributed by atoms with Crippen molar-refractivity contribution >= 4 is 19.8 Å². The van der Waals surface area contributed by atoms with Gasteiger partial charge in [-0.2, -0.15) is 4.39 Å². The highest BCUT2D eigenvalue weighted by molar-refractivity contribution is 6.76. The van der Waals surface area contributed by atoms with Crippen molar-refractivity contribution in [3.05, 3.63) is 65.2 Å². The maximum absolute atomic E-state index is 15.1. The van der Waals surface area contributed by atoms with E-state index < -0.39 is 31.7 Å². The van der Waals surface area contributed by atoms with Crippen LogP contribution in [0.4, 0.5) is 23.7 Å². The van der Waals surface area contributed by atoms with Crippen LogP contribution < -0.4 is 15.0 Å². The topological polar surface area (TPSA) is 68.6 Å². The van der Waals surface area contributed by atoms with Gasteiger partial charge in [0.05, 0.1) is 18.4 Å². The number of amides is 2. The van der Waals surface area contributed by atoms with Gasteiger partial charge in [0.2, 0.25) is 5.95 Å². The van der Waals surface area contributed by atoms with E-state index in [0.29, 0.717) is 36.6 Å². The third kappa shape index (κ3) is 6.52. The highest BCUT2D eigenvalue weighted by Gasteiger charge is 2.28. The predicted molar refractivity (Wildman–Crippen MR) is 138 cm³/mol. The van der Waals surface area contributed by atoms with Crippen LogP contribution in [0.3, 0.4) is 0 Å². The van der Waals surface area contributed by atoms with Crippen molar-refractivity contribution in [3.8, 4) is 16.9 Å². The number of benzene rings is 2. The lowest BCUT2D eigenvalue weighted by Crippen LogP contribution is -2.38. The molecule has 0 bridgehead atoms. The molecule has 0 atom stereocenters. The van der Waals surface area contributed by atoms with Crippen LogP contribution in [0, 0.1) is 17.6 Å². The summed E-state index contributed by atoms with van der Waals surface area (Å²) in [5, 5.41) is 6.56. The number of halogens is 3. The summed E-state index contributed by atoms with van der Waals surface area (Å²) in [6.45, 7) is 7.78. The van der Waals surface area contributed by atoms with Crippen molar-refractivity contribution in [1.29, 1.82) is 0 Å². The van der Waals surface area contributed by atoms with Gasteiger partial charge in [0, 0.05) is 45.6 Å². The number of ether oxygens (including phenoxy) is 2. The van der Waals surface area contributed by atoms with E-state index in [1.807, 2.05) is 0 Å². The molecule has 7 nitrogen and oxygen atoms in total. The quantitative estimate of drug-likeness (QED) is 0.289. The van der Waals surface area contributed by atoms with Gasteiger partial charge in [-0.3, -0.25) is 4.90 Å². The summed E-state index contributed by atoms with van der Waals surface area (Å²) in [6.07, 6.45) is 1.92. The van der Waals surface area contributed by atoms with E-state index in [4.69, 9.17) is 9.47 Å². The third-order valence-electron chi connectivity index (χ3n) is 6.15. The van der Waals surface area contributed by atoms with Crippen LogP contribution in [0.2, 0.25) is 25.7 Å². The van der Waals surface area contributed by atoms with Gasteiger partial charge in [0.1, 0.15) is 24.1 Å². The summed E-state index contributed by atoms with van der Waals surface area (Å²) >= 11 is 0. The van der Waals surface area contributed by atoms with Gasteiger partial charge in [0.25, 0.3) is 0 Å². The van der Waals surface area contributed by atoms with E-state index in [-0.39, 0.29) is 24.4 Å². The Kier molecular flexibility index (Phi) is 7.93. The Morgan fingerprint density at radius 3 is 2.62 bits per heavy atom. The molecule has 1 aliphatic rings. The summed E-state index contributed by atoms with van der Waals surface area (Å²) in [4.78, 5) is 14.2. The normalized spacial score (nSPS) is 13.1. The lowest BCUT2D eigenvalue weighted by Gasteiger charge is -2.19. The van der Waals surface area contributed by atoms with Gasteiger partial charge >= 0.3 is 6.03 Å². The molecule has 2 heterocycles. The van der Waals surface area contributed by atoms with E-state index in [1.165, 1.54) is 41.1 Å². The first kappa shape index (κ1) is 26.7. The molecule has 4 rings (SSSR count). The molecule has 198 valence electrons.